The van der Waals surface area contributed by atoms with Crippen molar-refractivity contribution in [3.63, 3.8) is 0 Å². The van der Waals surface area contributed by atoms with Crippen molar-refractivity contribution >= 4 is 17.4 Å². The number of esters is 1. The monoisotopic (exact) mass is 235 g/mol. The molecule has 0 aromatic heterocycles. The lowest BCUT2D eigenvalue weighted by Gasteiger charge is -2.27. The Bertz CT molecular complexity index is 485. The number of para-hydroxylation sites is 1. The summed E-state index contributed by atoms with van der Waals surface area (Å²) in [7, 11) is 1.49. The van der Waals surface area contributed by atoms with Crippen LogP contribution in [0.3, 0.4) is 0 Å². The molecule has 0 radical (unpaired) electrons. The standard InChI is InChI=1S/C12H13NO4/c1-3-17-11(15)12(16)10(14)8-6-4-5-7-9(8)13(12)2/h4-7,16H,3H2,1-2H3. The van der Waals surface area contributed by atoms with Crippen molar-refractivity contribution in [3.05, 3.63) is 29.8 Å². The van der Waals surface area contributed by atoms with Crippen LogP contribution in [-0.2, 0) is 9.53 Å². The summed E-state index contributed by atoms with van der Waals surface area (Å²) in [4.78, 5) is 25.0. The van der Waals surface area contributed by atoms with E-state index >= 15 is 0 Å². The molecular formula is C12H13NO4. The first-order chi connectivity index (χ1) is 8.03. The van der Waals surface area contributed by atoms with Gasteiger partial charge in [0.15, 0.2) is 0 Å². The van der Waals surface area contributed by atoms with Gasteiger partial charge in [0, 0.05) is 12.6 Å². The maximum Gasteiger partial charge on any atom is 0.368 e. The molecule has 0 bridgehead atoms. The number of carbonyl (C=O) groups excluding carboxylic acids is 2. The average molecular weight is 235 g/mol. The van der Waals surface area contributed by atoms with E-state index in [1.54, 1.807) is 31.2 Å². The number of aliphatic hydroxyl groups is 1. The molecule has 1 unspecified atom stereocenters. The van der Waals surface area contributed by atoms with E-state index < -0.39 is 17.5 Å². The zero-order valence-corrected chi connectivity index (χ0v) is 9.64. The van der Waals surface area contributed by atoms with Gasteiger partial charge in [-0.2, -0.15) is 0 Å². The molecule has 90 valence electrons. The van der Waals surface area contributed by atoms with Crippen LogP contribution in [0.2, 0.25) is 0 Å². The number of ether oxygens (including phenoxy) is 1. The van der Waals surface area contributed by atoms with Crippen LogP contribution < -0.4 is 4.90 Å². The number of benzene rings is 1. The van der Waals surface area contributed by atoms with Crippen molar-refractivity contribution in [1.29, 1.82) is 0 Å². The quantitative estimate of drug-likeness (QED) is 0.599. The number of hydrogen-bond acceptors (Lipinski definition) is 5. The minimum absolute atomic E-state index is 0.110. The molecule has 0 spiro atoms. The summed E-state index contributed by atoms with van der Waals surface area (Å²) in [6.45, 7) is 1.73. The van der Waals surface area contributed by atoms with Crippen molar-refractivity contribution in [2.75, 3.05) is 18.6 Å². The summed E-state index contributed by atoms with van der Waals surface area (Å²) in [5, 5.41) is 10.3. The van der Waals surface area contributed by atoms with E-state index in [1.807, 2.05) is 0 Å². The highest BCUT2D eigenvalue weighted by Crippen LogP contribution is 2.36. The molecule has 5 heteroatoms. The van der Waals surface area contributed by atoms with Crippen molar-refractivity contribution < 1.29 is 19.4 Å². The Labute approximate surface area is 98.6 Å². The fourth-order valence-electron chi connectivity index (χ4n) is 1.93. The molecule has 1 aliphatic rings. The molecule has 1 atom stereocenters. The molecule has 0 saturated carbocycles. The third-order valence-corrected chi connectivity index (χ3v) is 2.87. The topological polar surface area (TPSA) is 66.8 Å². The van der Waals surface area contributed by atoms with Crippen molar-refractivity contribution in [3.8, 4) is 0 Å². The minimum Gasteiger partial charge on any atom is -0.462 e. The van der Waals surface area contributed by atoms with Gasteiger partial charge in [-0.1, -0.05) is 12.1 Å². The highest BCUT2D eigenvalue weighted by Gasteiger charge is 2.55. The van der Waals surface area contributed by atoms with Crippen LogP contribution in [-0.4, -0.2) is 36.2 Å². The van der Waals surface area contributed by atoms with Crippen molar-refractivity contribution in [2.45, 2.75) is 12.6 Å². The first kappa shape index (κ1) is 11.6. The molecule has 1 aromatic rings. The first-order valence-corrected chi connectivity index (χ1v) is 5.30. The van der Waals surface area contributed by atoms with Gasteiger partial charge in [-0.05, 0) is 19.1 Å². The van der Waals surface area contributed by atoms with Gasteiger partial charge in [-0.15, -0.1) is 0 Å². The van der Waals surface area contributed by atoms with E-state index in [-0.39, 0.29) is 6.61 Å². The minimum atomic E-state index is -2.24. The largest absolute Gasteiger partial charge is 0.462 e. The molecule has 17 heavy (non-hydrogen) atoms. The van der Waals surface area contributed by atoms with Gasteiger partial charge < -0.3 is 14.7 Å². The van der Waals surface area contributed by atoms with E-state index in [1.165, 1.54) is 11.9 Å². The molecule has 2 rings (SSSR count). The zero-order chi connectivity index (χ0) is 12.6. The number of nitrogens with zero attached hydrogens (tertiary/aromatic N) is 1. The highest BCUT2D eigenvalue weighted by atomic mass is 16.6. The van der Waals surface area contributed by atoms with Crippen LogP contribution >= 0.6 is 0 Å². The third-order valence-electron chi connectivity index (χ3n) is 2.87. The summed E-state index contributed by atoms with van der Waals surface area (Å²) in [5.41, 5.74) is -1.39. The first-order valence-electron chi connectivity index (χ1n) is 5.30. The maximum atomic E-state index is 12.1. The summed E-state index contributed by atoms with van der Waals surface area (Å²) in [6, 6.07) is 6.66. The van der Waals surface area contributed by atoms with Crippen molar-refractivity contribution in [2.24, 2.45) is 0 Å². The van der Waals surface area contributed by atoms with E-state index in [2.05, 4.69) is 0 Å². The summed E-state index contributed by atoms with van der Waals surface area (Å²) < 4.78 is 4.75. The number of fused-ring (bicyclic) bond motifs is 1. The Balaban J connectivity index is 2.48. The van der Waals surface area contributed by atoms with E-state index in [0.29, 0.717) is 11.3 Å². The van der Waals surface area contributed by atoms with Gasteiger partial charge >= 0.3 is 11.7 Å². The molecule has 1 heterocycles. The number of rotatable bonds is 2. The lowest BCUT2D eigenvalue weighted by Crippen LogP contribution is -2.56. The van der Waals surface area contributed by atoms with Gasteiger partial charge in [0.05, 0.1) is 12.3 Å². The fourth-order valence-corrected chi connectivity index (χ4v) is 1.93. The lowest BCUT2D eigenvalue weighted by atomic mass is 10.1. The second-order valence-corrected chi connectivity index (χ2v) is 3.80. The Morgan fingerprint density at radius 2 is 2.12 bits per heavy atom. The Morgan fingerprint density at radius 1 is 1.47 bits per heavy atom. The molecule has 1 aliphatic heterocycles. The average Bonchev–Trinajstić information content (AvgIpc) is 2.54. The van der Waals surface area contributed by atoms with E-state index in [9.17, 15) is 14.7 Å². The van der Waals surface area contributed by atoms with Gasteiger partial charge in [-0.3, -0.25) is 4.79 Å². The zero-order valence-electron chi connectivity index (χ0n) is 9.64. The van der Waals surface area contributed by atoms with Gasteiger partial charge in [0.2, 0.25) is 5.78 Å². The predicted molar refractivity (Wildman–Crippen MR) is 60.8 cm³/mol. The number of hydrogen-bond donors (Lipinski definition) is 1. The maximum absolute atomic E-state index is 12.1. The number of carbonyl (C=O) groups is 2. The summed E-state index contributed by atoms with van der Waals surface area (Å²) in [5.74, 6) is -1.59. The molecule has 5 nitrogen and oxygen atoms in total. The van der Waals surface area contributed by atoms with Gasteiger partial charge in [-0.25, -0.2) is 4.79 Å². The van der Waals surface area contributed by atoms with Crippen LogP contribution in [0.5, 0.6) is 0 Å². The molecule has 1 N–H and O–H groups in total. The lowest BCUT2D eigenvalue weighted by molar-refractivity contribution is -0.159. The van der Waals surface area contributed by atoms with Gasteiger partial charge in [0.25, 0.3) is 0 Å². The summed E-state index contributed by atoms with van der Waals surface area (Å²) >= 11 is 0. The number of anilines is 1. The Hall–Kier alpha value is -1.88. The van der Waals surface area contributed by atoms with Crippen LogP contribution in [0.4, 0.5) is 5.69 Å². The second kappa shape index (κ2) is 3.85. The normalized spacial score (nSPS) is 22.5. The molecular weight excluding hydrogens is 222 g/mol. The third kappa shape index (κ3) is 1.43. The molecule has 0 fully saturated rings. The second-order valence-electron chi connectivity index (χ2n) is 3.80. The fraction of sp³-hybridized carbons (Fsp3) is 0.333. The number of ketones is 1. The van der Waals surface area contributed by atoms with Gasteiger partial charge in [0.1, 0.15) is 0 Å². The molecule has 0 amide bonds. The van der Waals surface area contributed by atoms with Crippen molar-refractivity contribution in [1.82, 2.24) is 0 Å². The van der Waals surface area contributed by atoms with E-state index in [4.69, 9.17) is 4.74 Å². The molecule has 0 aliphatic carbocycles. The Kier molecular flexibility index (Phi) is 2.63. The SMILES string of the molecule is CCOC(=O)C1(O)C(=O)c2ccccc2N1C. The predicted octanol–water partition coefficient (Wildman–Crippen LogP) is 0.571. The van der Waals surface area contributed by atoms with Crippen LogP contribution in [0.15, 0.2) is 24.3 Å². The number of Topliss-reactive ketones (excluding diaryl/α,β-unsaturated/α-hetero) is 1. The number of likely N-dealkylation sites (N-methyl/N-ethyl adjacent to an activating group) is 1. The van der Waals surface area contributed by atoms with E-state index in [0.717, 1.165) is 0 Å². The molecule has 1 aromatic carbocycles. The highest BCUT2D eigenvalue weighted by molar-refractivity contribution is 6.23. The van der Waals surface area contributed by atoms with Crippen LogP contribution in [0, 0.1) is 0 Å². The summed E-state index contributed by atoms with van der Waals surface area (Å²) in [6.07, 6.45) is 0. The molecule has 0 saturated heterocycles. The Morgan fingerprint density at radius 3 is 2.71 bits per heavy atom. The smallest absolute Gasteiger partial charge is 0.368 e. The van der Waals surface area contributed by atoms with Crippen LogP contribution in [0.25, 0.3) is 0 Å². The van der Waals surface area contributed by atoms with Crippen LogP contribution in [0.1, 0.15) is 17.3 Å².